The molecule has 0 spiro atoms. The summed E-state index contributed by atoms with van der Waals surface area (Å²) in [7, 11) is 0. The Morgan fingerprint density at radius 1 is 0.170 bits per heavy atom. The van der Waals surface area contributed by atoms with Crippen LogP contribution in [0.25, 0.3) is 0 Å². The van der Waals surface area contributed by atoms with Crippen LogP contribution in [0, 0.1) is 0 Å². The van der Waals surface area contributed by atoms with Gasteiger partial charge in [-0.25, -0.2) is 0 Å². The highest BCUT2D eigenvalue weighted by Gasteiger charge is 1.98. The van der Waals surface area contributed by atoms with Gasteiger partial charge in [0.15, 0.2) is 0 Å². The van der Waals surface area contributed by atoms with E-state index in [1.165, 1.54) is 270 Å². The predicted molar refractivity (Wildman–Crippen MR) is 216 cm³/mol. The Labute approximate surface area is 300 Å². The van der Waals surface area contributed by atoms with Gasteiger partial charge in [0, 0.05) is 13.2 Å². The molecule has 1 nitrogen and oxygen atoms in total. The lowest BCUT2D eigenvalue weighted by molar-refractivity contribution is 0.125. The molecule has 47 heavy (non-hydrogen) atoms. The second-order valence-corrected chi connectivity index (χ2v) is 15.8. The van der Waals surface area contributed by atoms with E-state index in [0.717, 1.165) is 13.2 Å². The minimum atomic E-state index is 0.998. The third-order valence-corrected chi connectivity index (χ3v) is 10.8. The van der Waals surface area contributed by atoms with Gasteiger partial charge in [0.2, 0.25) is 0 Å². The average molecular weight is 663 g/mol. The van der Waals surface area contributed by atoms with E-state index < -0.39 is 0 Å². The van der Waals surface area contributed by atoms with Gasteiger partial charge in [-0.2, -0.15) is 0 Å². The molecule has 0 unspecified atom stereocenters. The molecule has 0 rings (SSSR count). The van der Waals surface area contributed by atoms with Gasteiger partial charge in [-0.3, -0.25) is 0 Å². The van der Waals surface area contributed by atoms with Gasteiger partial charge < -0.3 is 4.74 Å². The quantitative estimate of drug-likeness (QED) is 0.0590. The van der Waals surface area contributed by atoms with Crippen molar-refractivity contribution < 1.29 is 4.74 Å². The molecular weight excluding hydrogens is 569 g/mol. The lowest BCUT2D eigenvalue weighted by atomic mass is 10.0. The molecule has 0 N–H and O–H groups in total. The minimum Gasteiger partial charge on any atom is -0.381 e. The smallest absolute Gasteiger partial charge is 0.0466 e. The van der Waals surface area contributed by atoms with Gasteiger partial charge in [0.25, 0.3) is 0 Å². The van der Waals surface area contributed by atoms with Crippen LogP contribution in [0.4, 0.5) is 0 Å². The van der Waals surface area contributed by atoms with E-state index in [2.05, 4.69) is 13.8 Å². The van der Waals surface area contributed by atoms with Gasteiger partial charge in [-0.05, 0) is 12.8 Å². The van der Waals surface area contributed by atoms with Crippen LogP contribution < -0.4 is 0 Å². The highest BCUT2D eigenvalue weighted by molar-refractivity contribution is 4.53. The molecule has 1 heteroatoms. The first-order chi connectivity index (χ1) is 23.4. The van der Waals surface area contributed by atoms with E-state index >= 15 is 0 Å². The summed E-state index contributed by atoms with van der Waals surface area (Å²) in [6.07, 6.45) is 61.0. The third kappa shape index (κ3) is 46.0. The number of hydrogen-bond donors (Lipinski definition) is 0. The third-order valence-electron chi connectivity index (χ3n) is 10.8. The zero-order valence-corrected chi connectivity index (χ0v) is 33.5. The molecule has 0 aliphatic heterocycles. The van der Waals surface area contributed by atoms with Gasteiger partial charge >= 0.3 is 0 Å². The first-order valence-electron chi connectivity index (χ1n) is 23.0. The molecule has 0 aromatic heterocycles. The van der Waals surface area contributed by atoms with Crippen molar-refractivity contribution in [2.45, 2.75) is 284 Å². The fourth-order valence-corrected chi connectivity index (χ4v) is 7.37. The van der Waals surface area contributed by atoms with Gasteiger partial charge in [-0.1, -0.05) is 271 Å². The molecule has 0 aromatic carbocycles. The van der Waals surface area contributed by atoms with E-state index in [1.807, 2.05) is 0 Å². The summed E-state index contributed by atoms with van der Waals surface area (Å²) >= 11 is 0. The highest BCUT2D eigenvalue weighted by Crippen LogP contribution is 2.17. The molecule has 284 valence electrons. The molecule has 0 aliphatic rings. The van der Waals surface area contributed by atoms with Crippen LogP contribution in [-0.2, 0) is 4.74 Å². The molecule has 0 bridgehead atoms. The van der Waals surface area contributed by atoms with Crippen molar-refractivity contribution in [2.24, 2.45) is 0 Å². The number of unbranched alkanes of at least 4 members (excludes halogenated alkanes) is 40. The van der Waals surface area contributed by atoms with Gasteiger partial charge in [-0.15, -0.1) is 0 Å². The van der Waals surface area contributed by atoms with Crippen LogP contribution >= 0.6 is 0 Å². The van der Waals surface area contributed by atoms with Crippen LogP contribution in [-0.4, -0.2) is 13.2 Å². The molecule has 0 heterocycles. The van der Waals surface area contributed by atoms with Crippen LogP contribution in [0.15, 0.2) is 0 Å². The second kappa shape index (κ2) is 46.0. The van der Waals surface area contributed by atoms with Crippen molar-refractivity contribution in [3.8, 4) is 0 Å². The minimum absolute atomic E-state index is 0.998. The molecule has 0 aromatic rings. The first-order valence-corrected chi connectivity index (χ1v) is 23.0. The zero-order chi connectivity index (χ0) is 33.8. The van der Waals surface area contributed by atoms with Crippen molar-refractivity contribution in [2.75, 3.05) is 13.2 Å². The molecule has 0 atom stereocenters. The Kier molecular flexibility index (Phi) is 45.9. The summed E-state index contributed by atoms with van der Waals surface area (Å²) < 4.78 is 5.90. The van der Waals surface area contributed by atoms with E-state index in [9.17, 15) is 0 Å². The molecule has 0 saturated carbocycles. The monoisotopic (exact) mass is 663 g/mol. The Morgan fingerprint density at radius 3 is 0.447 bits per heavy atom. The molecule has 0 radical (unpaired) electrons. The largest absolute Gasteiger partial charge is 0.381 e. The van der Waals surface area contributed by atoms with E-state index in [1.54, 1.807) is 0 Å². The van der Waals surface area contributed by atoms with Crippen LogP contribution in [0.5, 0.6) is 0 Å². The van der Waals surface area contributed by atoms with E-state index in [4.69, 9.17) is 4.74 Å². The Balaban J connectivity index is 3.03. The Hall–Kier alpha value is -0.0400. The molecule has 0 amide bonds. The summed E-state index contributed by atoms with van der Waals surface area (Å²) in [5, 5.41) is 0. The molecule has 0 fully saturated rings. The maximum atomic E-state index is 5.90. The van der Waals surface area contributed by atoms with Crippen LogP contribution in [0.2, 0.25) is 0 Å². The number of hydrogen-bond acceptors (Lipinski definition) is 1. The maximum Gasteiger partial charge on any atom is 0.0466 e. The summed E-state index contributed by atoms with van der Waals surface area (Å²) in [6.45, 7) is 6.61. The van der Waals surface area contributed by atoms with Crippen LogP contribution in [0.1, 0.15) is 284 Å². The molecule has 0 saturated heterocycles. The van der Waals surface area contributed by atoms with Crippen LogP contribution in [0.3, 0.4) is 0 Å². The average Bonchev–Trinajstić information content (AvgIpc) is 3.08. The van der Waals surface area contributed by atoms with Crippen molar-refractivity contribution in [3.05, 3.63) is 0 Å². The van der Waals surface area contributed by atoms with Crippen molar-refractivity contribution in [3.63, 3.8) is 0 Å². The molecular formula is C46H94O. The van der Waals surface area contributed by atoms with E-state index in [0.29, 0.717) is 0 Å². The standard InChI is InChI=1S/C46H94O/c1-3-5-7-9-11-13-15-17-19-20-21-22-23-24-25-26-27-28-29-30-31-32-34-36-38-40-42-44-46-47-45-43-41-39-37-35-33-18-16-14-12-10-8-6-4-2/h3-46H2,1-2H3. The zero-order valence-electron chi connectivity index (χ0n) is 33.5. The van der Waals surface area contributed by atoms with Crippen molar-refractivity contribution in [1.29, 1.82) is 0 Å². The normalized spacial score (nSPS) is 11.6. The van der Waals surface area contributed by atoms with Crippen molar-refractivity contribution in [1.82, 2.24) is 0 Å². The first kappa shape index (κ1) is 47.0. The SMILES string of the molecule is CCCCCCCCCCCCCCCCCCCCCCCCCCCCCCOCCCCCCCCCCCCCCCC. The fraction of sp³-hybridized carbons (Fsp3) is 1.00. The van der Waals surface area contributed by atoms with Gasteiger partial charge in [0.1, 0.15) is 0 Å². The highest BCUT2D eigenvalue weighted by atomic mass is 16.5. The summed E-state index contributed by atoms with van der Waals surface area (Å²) in [4.78, 5) is 0. The lowest BCUT2D eigenvalue weighted by Crippen LogP contribution is -1.97. The number of rotatable bonds is 44. The maximum absolute atomic E-state index is 5.90. The topological polar surface area (TPSA) is 9.23 Å². The Morgan fingerprint density at radius 2 is 0.298 bits per heavy atom. The Bertz CT molecular complexity index is 457. The summed E-state index contributed by atoms with van der Waals surface area (Å²) in [6, 6.07) is 0. The number of ether oxygens (including phenoxy) is 1. The van der Waals surface area contributed by atoms with Gasteiger partial charge in [0.05, 0.1) is 0 Å². The summed E-state index contributed by atoms with van der Waals surface area (Å²) in [5.74, 6) is 0. The second-order valence-electron chi connectivity index (χ2n) is 15.8. The predicted octanol–water partition coefficient (Wildman–Crippen LogP) is 17.4. The van der Waals surface area contributed by atoms with E-state index in [-0.39, 0.29) is 0 Å². The lowest BCUT2D eigenvalue weighted by Gasteiger charge is -2.06. The van der Waals surface area contributed by atoms with Crippen molar-refractivity contribution >= 4 is 0 Å². The fourth-order valence-electron chi connectivity index (χ4n) is 7.37. The molecule has 0 aliphatic carbocycles. The summed E-state index contributed by atoms with van der Waals surface area (Å²) in [5.41, 5.74) is 0.